The van der Waals surface area contributed by atoms with Crippen molar-refractivity contribution in [3.63, 3.8) is 0 Å². The van der Waals surface area contributed by atoms with Crippen molar-refractivity contribution in [2.75, 3.05) is 4.72 Å². The number of benzene rings is 2. The van der Waals surface area contributed by atoms with Crippen LogP contribution in [0.5, 0.6) is 0 Å². The van der Waals surface area contributed by atoms with Crippen LogP contribution < -0.4 is 9.60 Å². The maximum Gasteiger partial charge on any atom is 0.305 e. The van der Waals surface area contributed by atoms with E-state index in [-0.39, 0.29) is 9.77 Å². The summed E-state index contributed by atoms with van der Waals surface area (Å²) in [4.78, 5) is 18.1. The molecule has 2 aromatic heterocycles. The van der Waals surface area contributed by atoms with Crippen LogP contribution in [0.4, 0.5) is 5.69 Å². The van der Waals surface area contributed by atoms with E-state index >= 15 is 0 Å². The SMILES string of the molecule is O=c1[nH]c2ccc(S(=O)(=O)Nc3cnc4ccccc4c3)cc2s1. The predicted molar refractivity (Wildman–Crippen MR) is 95.0 cm³/mol. The molecule has 2 N–H and O–H groups in total. The molecule has 2 heterocycles. The van der Waals surface area contributed by atoms with Gasteiger partial charge in [-0.3, -0.25) is 14.5 Å². The minimum absolute atomic E-state index is 0.0957. The molecule has 4 aromatic rings. The van der Waals surface area contributed by atoms with E-state index in [2.05, 4.69) is 14.7 Å². The van der Waals surface area contributed by atoms with Gasteiger partial charge in [0.15, 0.2) is 0 Å². The molecule has 2 aromatic carbocycles. The van der Waals surface area contributed by atoms with E-state index in [0.29, 0.717) is 15.9 Å². The first kappa shape index (κ1) is 14.9. The molecule has 0 unspecified atom stereocenters. The Kier molecular flexibility index (Phi) is 3.36. The highest BCUT2D eigenvalue weighted by atomic mass is 32.2. The van der Waals surface area contributed by atoms with Crippen LogP contribution in [-0.2, 0) is 10.0 Å². The molecule has 120 valence electrons. The lowest BCUT2D eigenvalue weighted by atomic mass is 10.2. The number of H-pyrrole nitrogens is 1. The zero-order chi connectivity index (χ0) is 16.7. The summed E-state index contributed by atoms with van der Waals surface area (Å²) < 4.78 is 28.3. The fraction of sp³-hybridized carbons (Fsp3) is 0. The third-order valence-electron chi connectivity index (χ3n) is 3.55. The summed E-state index contributed by atoms with van der Waals surface area (Å²) >= 11 is 0.975. The van der Waals surface area contributed by atoms with Crippen molar-refractivity contribution in [3.8, 4) is 0 Å². The summed E-state index contributed by atoms with van der Waals surface area (Å²) in [5.41, 5.74) is 1.80. The Hall–Kier alpha value is -2.71. The number of sulfonamides is 1. The lowest BCUT2D eigenvalue weighted by Gasteiger charge is -2.08. The van der Waals surface area contributed by atoms with Crippen molar-refractivity contribution in [1.82, 2.24) is 9.97 Å². The van der Waals surface area contributed by atoms with Crippen molar-refractivity contribution in [1.29, 1.82) is 0 Å². The fourth-order valence-electron chi connectivity index (χ4n) is 2.43. The minimum atomic E-state index is -3.76. The van der Waals surface area contributed by atoms with Crippen molar-refractivity contribution >= 4 is 48.2 Å². The molecule has 0 aliphatic carbocycles. The van der Waals surface area contributed by atoms with E-state index in [1.807, 2.05) is 24.3 Å². The first-order valence-corrected chi connectivity index (χ1v) is 9.32. The van der Waals surface area contributed by atoms with Crippen LogP contribution >= 0.6 is 11.3 Å². The molecule has 0 spiro atoms. The summed E-state index contributed by atoms with van der Waals surface area (Å²) in [6, 6.07) is 13.7. The lowest BCUT2D eigenvalue weighted by molar-refractivity contribution is 0.601. The molecule has 0 amide bonds. The average molecular weight is 357 g/mol. The molecule has 8 heteroatoms. The number of fused-ring (bicyclic) bond motifs is 2. The number of rotatable bonds is 3. The molecule has 0 aliphatic rings. The van der Waals surface area contributed by atoms with Gasteiger partial charge in [-0.15, -0.1) is 0 Å². The second kappa shape index (κ2) is 5.43. The van der Waals surface area contributed by atoms with Crippen LogP contribution in [0.2, 0.25) is 0 Å². The topological polar surface area (TPSA) is 91.9 Å². The summed E-state index contributed by atoms with van der Waals surface area (Å²) in [7, 11) is -3.76. The lowest BCUT2D eigenvalue weighted by Crippen LogP contribution is -2.13. The molecule has 0 bridgehead atoms. The molecule has 0 fully saturated rings. The van der Waals surface area contributed by atoms with E-state index in [0.717, 1.165) is 22.2 Å². The van der Waals surface area contributed by atoms with E-state index < -0.39 is 10.0 Å². The van der Waals surface area contributed by atoms with E-state index in [4.69, 9.17) is 0 Å². The molecular weight excluding hydrogens is 346 g/mol. The monoisotopic (exact) mass is 357 g/mol. The van der Waals surface area contributed by atoms with E-state index in [1.54, 1.807) is 12.1 Å². The Balaban J connectivity index is 1.73. The van der Waals surface area contributed by atoms with Crippen LogP contribution in [0.1, 0.15) is 0 Å². The van der Waals surface area contributed by atoms with Gasteiger partial charge in [0.2, 0.25) is 0 Å². The summed E-state index contributed by atoms with van der Waals surface area (Å²) in [5, 5.41) is 0.844. The molecule has 24 heavy (non-hydrogen) atoms. The van der Waals surface area contributed by atoms with Gasteiger partial charge in [0.25, 0.3) is 10.0 Å². The second-order valence-corrected chi connectivity index (χ2v) is 7.89. The highest BCUT2D eigenvalue weighted by molar-refractivity contribution is 7.92. The van der Waals surface area contributed by atoms with Crippen molar-refractivity contribution in [3.05, 3.63) is 64.4 Å². The first-order valence-electron chi connectivity index (χ1n) is 7.02. The Morgan fingerprint density at radius 2 is 1.92 bits per heavy atom. The quantitative estimate of drug-likeness (QED) is 0.590. The zero-order valence-corrected chi connectivity index (χ0v) is 13.8. The summed E-state index contributed by atoms with van der Waals surface area (Å²) in [5.74, 6) is 0. The Labute approximate surface area is 140 Å². The molecule has 0 atom stereocenters. The highest BCUT2D eigenvalue weighted by Crippen LogP contribution is 2.23. The number of nitrogens with one attached hydrogen (secondary N) is 2. The average Bonchev–Trinajstić information content (AvgIpc) is 2.93. The summed E-state index contributed by atoms with van der Waals surface area (Å²) in [6.07, 6.45) is 1.48. The third-order valence-corrected chi connectivity index (χ3v) is 5.77. The van der Waals surface area contributed by atoms with Crippen LogP contribution in [-0.4, -0.2) is 18.4 Å². The molecular formula is C16H11N3O3S2. The van der Waals surface area contributed by atoms with Crippen molar-refractivity contribution in [2.45, 2.75) is 4.90 Å². The van der Waals surface area contributed by atoms with Gasteiger partial charge in [-0.1, -0.05) is 29.5 Å². The standard InChI is InChI=1S/C16H11N3O3S2/c20-16-18-14-6-5-12(8-15(14)23-16)24(21,22)19-11-7-10-3-1-2-4-13(10)17-9-11/h1-9,19H,(H,18,20). The van der Waals surface area contributed by atoms with Crippen LogP contribution in [0, 0.1) is 0 Å². The number of hydrogen-bond donors (Lipinski definition) is 2. The van der Waals surface area contributed by atoms with Crippen LogP contribution in [0.15, 0.2) is 64.4 Å². The molecule has 6 nitrogen and oxygen atoms in total. The maximum absolute atomic E-state index is 12.6. The number of anilines is 1. The van der Waals surface area contributed by atoms with Gasteiger partial charge in [0.1, 0.15) is 0 Å². The highest BCUT2D eigenvalue weighted by Gasteiger charge is 2.16. The van der Waals surface area contributed by atoms with Crippen LogP contribution in [0.25, 0.3) is 21.1 Å². The second-order valence-electron chi connectivity index (χ2n) is 5.19. The smallest absolute Gasteiger partial charge is 0.305 e. The minimum Gasteiger partial charge on any atom is -0.312 e. The largest absolute Gasteiger partial charge is 0.312 e. The molecule has 0 radical (unpaired) electrons. The molecule has 0 saturated carbocycles. The Bertz CT molecular complexity index is 1230. The number of aromatic nitrogens is 2. The van der Waals surface area contributed by atoms with Gasteiger partial charge in [0, 0.05) is 5.39 Å². The zero-order valence-electron chi connectivity index (χ0n) is 12.2. The Morgan fingerprint density at radius 3 is 2.79 bits per heavy atom. The van der Waals surface area contributed by atoms with Gasteiger partial charge in [-0.05, 0) is 30.3 Å². The number of aromatic amines is 1. The third kappa shape index (κ3) is 2.66. The van der Waals surface area contributed by atoms with Gasteiger partial charge < -0.3 is 4.98 Å². The van der Waals surface area contributed by atoms with Gasteiger partial charge in [-0.25, -0.2) is 8.42 Å². The number of nitrogens with zero attached hydrogens (tertiary/aromatic N) is 1. The maximum atomic E-state index is 12.6. The van der Waals surface area contributed by atoms with Gasteiger partial charge in [-0.2, -0.15) is 0 Å². The number of pyridine rings is 1. The van der Waals surface area contributed by atoms with Gasteiger partial charge in [0.05, 0.1) is 32.5 Å². The molecule has 0 saturated heterocycles. The van der Waals surface area contributed by atoms with E-state index in [1.165, 1.54) is 18.3 Å². The molecule has 0 aliphatic heterocycles. The normalized spacial score (nSPS) is 11.8. The van der Waals surface area contributed by atoms with E-state index in [9.17, 15) is 13.2 Å². The predicted octanol–water partition coefficient (Wildman–Crippen LogP) is 2.94. The Morgan fingerprint density at radius 1 is 1.08 bits per heavy atom. The number of thiazole rings is 1. The molecule has 4 rings (SSSR count). The number of para-hydroxylation sites is 1. The number of hydrogen-bond acceptors (Lipinski definition) is 5. The summed E-state index contributed by atoms with van der Waals surface area (Å²) in [6.45, 7) is 0. The van der Waals surface area contributed by atoms with Gasteiger partial charge >= 0.3 is 4.87 Å². The first-order chi connectivity index (χ1) is 11.5. The fourth-order valence-corrected chi connectivity index (χ4v) is 4.34. The van der Waals surface area contributed by atoms with Crippen molar-refractivity contribution in [2.24, 2.45) is 0 Å². The van der Waals surface area contributed by atoms with Crippen LogP contribution in [0.3, 0.4) is 0 Å². The van der Waals surface area contributed by atoms with Crippen molar-refractivity contribution < 1.29 is 8.42 Å².